The number of aromatic amines is 1. The van der Waals surface area contributed by atoms with Gasteiger partial charge in [0.25, 0.3) is 0 Å². The quantitative estimate of drug-likeness (QED) is 0.462. The van der Waals surface area contributed by atoms with E-state index in [0.29, 0.717) is 0 Å². The molecule has 2 aromatic carbocycles. The molecule has 5 aromatic rings. The number of rotatable bonds is 0. The maximum atomic E-state index is 4.67. The first-order valence-corrected chi connectivity index (χ1v) is 6.55. The number of H-pyrrole nitrogens is 1. The zero-order chi connectivity index (χ0) is 13.1. The predicted octanol–water partition coefficient (Wildman–Crippen LogP) is 3.52. The summed E-state index contributed by atoms with van der Waals surface area (Å²) in [5.41, 5.74) is 5.00. The zero-order valence-corrected chi connectivity index (χ0v) is 10.5. The number of fused-ring (bicyclic) bond motifs is 7. The average Bonchev–Trinajstić information content (AvgIpc) is 3.02. The van der Waals surface area contributed by atoms with Crippen molar-refractivity contribution in [2.45, 2.75) is 0 Å². The number of aromatic nitrogens is 4. The molecule has 0 saturated heterocycles. The molecule has 0 bridgehead atoms. The molecule has 0 atom stereocenters. The van der Waals surface area contributed by atoms with Crippen molar-refractivity contribution in [2.24, 2.45) is 0 Å². The van der Waals surface area contributed by atoms with E-state index in [1.54, 1.807) is 0 Å². The van der Waals surface area contributed by atoms with E-state index < -0.39 is 0 Å². The Morgan fingerprint density at radius 1 is 0.900 bits per heavy atom. The Balaban J connectivity index is 2.10. The minimum atomic E-state index is 0.924. The highest BCUT2D eigenvalue weighted by atomic mass is 15.2. The van der Waals surface area contributed by atoms with Crippen LogP contribution in [0, 0.1) is 0 Å². The van der Waals surface area contributed by atoms with Crippen molar-refractivity contribution in [2.75, 3.05) is 0 Å². The van der Waals surface area contributed by atoms with Crippen LogP contribution in [0.15, 0.2) is 54.6 Å². The summed E-state index contributed by atoms with van der Waals surface area (Å²) in [7, 11) is 0. The fourth-order valence-electron chi connectivity index (χ4n) is 2.92. The molecule has 0 aliphatic carbocycles. The molecule has 1 N–H and O–H groups in total. The minimum absolute atomic E-state index is 0.924. The minimum Gasteiger partial charge on any atom is -0.276 e. The van der Waals surface area contributed by atoms with Crippen molar-refractivity contribution < 1.29 is 0 Å². The van der Waals surface area contributed by atoms with Gasteiger partial charge in [-0.05, 0) is 24.3 Å². The molecular formula is C16H10N4. The number of benzene rings is 2. The summed E-state index contributed by atoms with van der Waals surface area (Å²) < 4.78 is 2.10. The van der Waals surface area contributed by atoms with E-state index >= 15 is 0 Å². The molecule has 0 aliphatic heterocycles. The molecule has 0 spiro atoms. The maximum absolute atomic E-state index is 4.67. The Labute approximate surface area is 113 Å². The van der Waals surface area contributed by atoms with E-state index in [4.69, 9.17) is 0 Å². The third kappa shape index (κ3) is 1.11. The SMILES string of the molecule is c1ccc2c(c1)nc1cc3c4ccccc4[nH]nc3n12. The van der Waals surface area contributed by atoms with Gasteiger partial charge in [0.1, 0.15) is 5.65 Å². The van der Waals surface area contributed by atoms with Gasteiger partial charge in [-0.15, -0.1) is 0 Å². The molecule has 0 fully saturated rings. The van der Waals surface area contributed by atoms with Gasteiger partial charge in [-0.3, -0.25) is 9.50 Å². The smallest absolute Gasteiger partial charge is 0.167 e. The van der Waals surface area contributed by atoms with Gasteiger partial charge in [-0.2, -0.15) is 5.10 Å². The molecule has 3 heterocycles. The van der Waals surface area contributed by atoms with Crippen LogP contribution in [-0.2, 0) is 0 Å². The average molecular weight is 258 g/mol. The van der Waals surface area contributed by atoms with Crippen molar-refractivity contribution >= 4 is 38.6 Å². The van der Waals surface area contributed by atoms with Crippen molar-refractivity contribution in [1.82, 2.24) is 19.6 Å². The van der Waals surface area contributed by atoms with Crippen LogP contribution in [0.3, 0.4) is 0 Å². The monoisotopic (exact) mass is 258 g/mol. The number of nitrogens with zero attached hydrogens (tertiary/aromatic N) is 3. The molecule has 0 amide bonds. The molecule has 5 rings (SSSR count). The summed E-state index contributed by atoms with van der Waals surface area (Å²) in [6, 6.07) is 18.4. The number of hydrogen-bond acceptors (Lipinski definition) is 2. The van der Waals surface area contributed by atoms with E-state index in [1.165, 1.54) is 5.39 Å². The third-order valence-corrected chi connectivity index (χ3v) is 3.81. The van der Waals surface area contributed by atoms with Crippen LogP contribution in [0.5, 0.6) is 0 Å². The van der Waals surface area contributed by atoms with Gasteiger partial charge >= 0.3 is 0 Å². The van der Waals surface area contributed by atoms with Gasteiger partial charge in [0.05, 0.1) is 16.6 Å². The third-order valence-electron chi connectivity index (χ3n) is 3.81. The van der Waals surface area contributed by atoms with Crippen LogP contribution in [0.1, 0.15) is 0 Å². The summed E-state index contributed by atoms with van der Waals surface area (Å²) in [4.78, 5) is 4.67. The number of nitrogens with one attached hydrogen (secondary N) is 1. The van der Waals surface area contributed by atoms with E-state index in [0.717, 1.165) is 33.2 Å². The van der Waals surface area contributed by atoms with Gasteiger partial charge < -0.3 is 0 Å². The molecule has 0 saturated carbocycles. The summed E-state index contributed by atoms with van der Waals surface area (Å²) in [5.74, 6) is 0. The second-order valence-corrected chi connectivity index (χ2v) is 4.94. The summed E-state index contributed by atoms with van der Waals surface area (Å²) in [5, 5.41) is 9.95. The molecule has 0 aliphatic rings. The Kier molecular flexibility index (Phi) is 1.68. The van der Waals surface area contributed by atoms with Crippen LogP contribution >= 0.6 is 0 Å². The van der Waals surface area contributed by atoms with Gasteiger partial charge in [0.2, 0.25) is 0 Å². The maximum Gasteiger partial charge on any atom is 0.167 e. The van der Waals surface area contributed by atoms with E-state index in [1.807, 2.05) is 36.4 Å². The van der Waals surface area contributed by atoms with Crippen LogP contribution in [0.25, 0.3) is 38.6 Å². The van der Waals surface area contributed by atoms with Gasteiger partial charge in [-0.25, -0.2) is 4.98 Å². The Morgan fingerprint density at radius 2 is 1.75 bits per heavy atom. The van der Waals surface area contributed by atoms with E-state index in [2.05, 4.69) is 37.8 Å². The molecule has 4 heteroatoms. The molecule has 3 aromatic heterocycles. The summed E-state index contributed by atoms with van der Waals surface area (Å²) >= 11 is 0. The second-order valence-electron chi connectivity index (χ2n) is 4.94. The second kappa shape index (κ2) is 3.36. The lowest BCUT2D eigenvalue weighted by molar-refractivity contribution is 1.08. The van der Waals surface area contributed by atoms with Crippen molar-refractivity contribution in [1.29, 1.82) is 0 Å². The molecule has 20 heavy (non-hydrogen) atoms. The topological polar surface area (TPSA) is 46.0 Å². The first-order valence-electron chi connectivity index (χ1n) is 6.55. The standard InChI is InChI=1S/C16H10N4/c1-2-6-12-10(5-1)11-9-15-17-13-7-3-4-8-14(13)20(15)16(11)19-18-12/h1-9,18H. The molecule has 94 valence electrons. The lowest BCUT2D eigenvalue weighted by Gasteiger charge is -1.99. The van der Waals surface area contributed by atoms with Gasteiger partial charge in [-0.1, -0.05) is 30.3 Å². The Hall–Kier alpha value is -2.88. The largest absolute Gasteiger partial charge is 0.276 e. The van der Waals surface area contributed by atoms with Crippen molar-refractivity contribution in [3.05, 3.63) is 54.6 Å². The predicted molar refractivity (Wildman–Crippen MR) is 79.9 cm³/mol. The van der Waals surface area contributed by atoms with Crippen LogP contribution in [0.4, 0.5) is 0 Å². The first kappa shape index (κ1) is 9.97. The number of hydrogen-bond donors (Lipinski definition) is 1. The van der Waals surface area contributed by atoms with E-state index in [-0.39, 0.29) is 0 Å². The van der Waals surface area contributed by atoms with Crippen LogP contribution < -0.4 is 0 Å². The summed E-state index contributed by atoms with van der Waals surface area (Å²) in [6.45, 7) is 0. The van der Waals surface area contributed by atoms with Crippen LogP contribution in [-0.4, -0.2) is 19.6 Å². The first-order chi connectivity index (χ1) is 9.92. The lowest BCUT2D eigenvalue weighted by Crippen LogP contribution is -1.89. The number of imidazole rings is 1. The zero-order valence-electron chi connectivity index (χ0n) is 10.5. The van der Waals surface area contributed by atoms with Gasteiger partial charge in [0, 0.05) is 10.8 Å². The van der Waals surface area contributed by atoms with Crippen LogP contribution in [0.2, 0.25) is 0 Å². The highest BCUT2D eigenvalue weighted by Gasteiger charge is 2.12. The number of para-hydroxylation sites is 3. The van der Waals surface area contributed by atoms with Crippen molar-refractivity contribution in [3.63, 3.8) is 0 Å². The highest BCUT2D eigenvalue weighted by molar-refractivity contribution is 6.06. The highest BCUT2D eigenvalue weighted by Crippen LogP contribution is 2.28. The fourth-order valence-corrected chi connectivity index (χ4v) is 2.92. The Morgan fingerprint density at radius 3 is 2.75 bits per heavy atom. The van der Waals surface area contributed by atoms with Gasteiger partial charge in [0.15, 0.2) is 5.65 Å². The summed E-state index contributed by atoms with van der Waals surface area (Å²) in [6.07, 6.45) is 0. The fraction of sp³-hybridized carbons (Fsp3) is 0. The molecule has 0 unspecified atom stereocenters. The lowest BCUT2D eigenvalue weighted by atomic mass is 10.2. The normalized spacial score (nSPS) is 12.0. The molecule has 0 radical (unpaired) electrons. The molecular weight excluding hydrogens is 248 g/mol. The Bertz CT molecular complexity index is 1070. The van der Waals surface area contributed by atoms with E-state index in [9.17, 15) is 0 Å². The molecule has 4 nitrogen and oxygen atoms in total. The van der Waals surface area contributed by atoms with Crippen molar-refractivity contribution in [3.8, 4) is 0 Å².